The molecule has 1 amide bonds. The maximum atomic E-state index is 11.9. The Balaban J connectivity index is 2.42. The summed E-state index contributed by atoms with van der Waals surface area (Å²) < 4.78 is 5.58. The Kier molecular flexibility index (Phi) is 3.47. The van der Waals surface area contributed by atoms with Crippen LogP contribution in [0.2, 0.25) is 10.0 Å². The molecule has 0 bridgehead atoms. The molecular formula is C11H12Cl2N2O2. The van der Waals surface area contributed by atoms with Crippen LogP contribution in [0.3, 0.4) is 0 Å². The molecular weight excluding hydrogens is 263 g/mol. The van der Waals surface area contributed by atoms with Gasteiger partial charge in [0.1, 0.15) is 5.75 Å². The first kappa shape index (κ1) is 12.5. The fourth-order valence-electron chi connectivity index (χ4n) is 1.75. The zero-order valence-corrected chi connectivity index (χ0v) is 10.8. The van der Waals surface area contributed by atoms with Gasteiger partial charge in [-0.2, -0.15) is 0 Å². The number of benzene rings is 1. The minimum atomic E-state index is -0.547. The van der Waals surface area contributed by atoms with Crippen LogP contribution in [-0.4, -0.2) is 25.6 Å². The number of nitrogens with zero attached hydrogens (tertiary/aromatic N) is 1. The second-order valence-corrected chi connectivity index (χ2v) is 4.63. The van der Waals surface area contributed by atoms with Crippen LogP contribution in [0, 0.1) is 0 Å². The van der Waals surface area contributed by atoms with Crippen molar-refractivity contribution in [3.63, 3.8) is 0 Å². The molecule has 0 aliphatic carbocycles. The molecule has 0 spiro atoms. The van der Waals surface area contributed by atoms with Crippen LogP contribution in [0.25, 0.3) is 0 Å². The number of likely N-dealkylation sites (N-methyl/N-ethyl adjacent to an activating group) is 1. The lowest BCUT2D eigenvalue weighted by Crippen LogP contribution is -2.44. The summed E-state index contributed by atoms with van der Waals surface area (Å²) in [6.07, 6.45) is -0.0715. The van der Waals surface area contributed by atoms with Gasteiger partial charge in [0.05, 0.1) is 15.7 Å². The molecule has 1 atom stereocenters. The van der Waals surface area contributed by atoms with Gasteiger partial charge in [-0.15, -0.1) is 0 Å². The summed E-state index contributed by atoms with van der Waals surface area (Å²) in [5, 5.41) is 0.797. The zero-order valence-electron chi connectivity index (χ0n) is 9.24. The molecule has 0 saturated carbocycles. The standard InChI is InChI=1S/C11H12Cl2N2O2/c1-15-8-4-6(12)7(13)5-10(8)17-9(2-3-14)11(15)16/h4-5,9H,2-3,14H2,1H3. The van der Waals surface area contributed by atoms with Crippen LogP contribution < -0.4 is 15.4 Å². The van der Waals surface area contributed by atoms with Crippen molar-refractivity contribution >= 4 is 34.8 Å². The van der Waals surface area contributed by atoms with E-state index in [9.17, 15) is 4.79 Å². The Hall–Kier alpha value is -0.970. The van der Waals surface area contributed by atoms with Crippen LogP contribution in [0.1, 0.15) is 6.42 Å². The Labute approximate surface area is 109 Å². The number of hydrogen-bond donors (Lipinski definition) is 1. The summed E-state index contributed by atoms with van der Waals surface area (Å²) in [7, 11) is 1.68. The Bertz CT molecular complexity index is 465. The summed E-state index contributed by atoms with van der Waals surface area (Å²) in [4.78, 5) is 13.5. The van der Waals surface area contributed by atoms with Gasteiger partial charge in [-0.1, -0.05) is 23.2 Å². The molecule has 1 aliphatic heterocycles. The van der Waals surface area contributed by atoms with E-state index >= 15 is 0 Å². The number of halogens is 2. The number of carbonyl (C=O) groups excluding carboxylic acids is 1. The fraction of sp³-hybridized carbons (Fsp3) is 0.364. The van der Waals surface area contributed by atoms with Crippen molar-refractivity contribution in [1.82, 2.24) is 0 Å². The van der Waals surface area contributed by atoms with Gasteiger partial charge in [-0.25, -0.2) is 0 Å². The number of carbonyl (C=O) groups is 1. The molecule has 92 valence electrons. The molecule has 1 heterocycles. The molecule has 2 rings (SSSR count). The summed E-state index contributed by atoms with van der Waals surface area (Å²) in [6, 6.07) is 3.24. The smallest absolute Gasteiger partial charge is 0.267 e. The lowest BCUT2D eigenvalue weighted by atomic mass is 10.1. The van der Waals surface area contributed by atoms with E-state index < -0.39 is 6.10 Å². The molecule has 1 unspecified atom stereocenters. The van der Waals surface area contributed by atoms with Crippen molar-refractivity contribution in [2.24, 2.45) is 5.73 Å². The molecule has 4 nitrogen and oxygen atoms in total. The highest BCUT2D eigenvalue weighted by molar-refractivity contribution is 6.42. The molecule has 2 N–H and O–H groups in total. The summed E-state index contributed by atoms with van der Waals surface area (Å²) in [6.45, 7) is 0.390. The second-order valence-electron chi connectivity index (χ2n) is 3.82. The Morgan fingerprint density at radius 2 is 2.06 bits per heavy atom. The summed E-state index contributed by atoms with van der Waals surface area (Å²) >= 11 is 11.8. The first-order valence-corrected chi connectivity index (χ1v) is 5.93. The van der Waals surface area contributed by atoms with E-state index in [2.05, 4.69) is 0 Å². The number of rotatable bonds is 2. The number of fused-ring (bicyclic) bond motifs is 1. The van der Waals surface area contributed by atoms with Gasteiger partial charge < -0.3 is 15.4 Å². The summed E-state index contributed by atoms with van der Waals surface area (Å²) in [5.41, 5.74) is 6.07. The largest absolute Gasteiger partial charge is 0.478 e. The van der Waals surface area contributed by atoms with Crippen molar-refractivity contribution in [2.75, 3.05) is 18.5 Å². The monoisotopic (exact) mass is 274 g/mol. The number of anilines is 1. The van der Waals surface area contributed by atoms with Gasteiger partial charge in [0.2, 0.25) is 0 Å². The first-order chi connectivity index (χ1) is 8.04. The van der Waals surface area contributed by atoms with Crippen LogP contribution in [-0.2, 0) is 4.79 Å². The van der Waals surface area contributed by atoms with E-state index in [-0.39, 0.29) is 5.91 Å². The van der Waals surface area contributed by atoms with E-state index in [1.54, 1.807) is 19.2 Å². The second kappa shape index (κ2) is 4.72. The van der Waals surface area contributed by atoms with Crippen molar-refractivity contribution < 1.29 is 9.53 Å². The first-order valence-electron chi connectivity index (χ1n) is 5.18. The van der Waals surface area contributed by atoms with Crippen molar-refractivity contribution in [1.29, 1.82) is 0 Å². The number of hydrogen-bond acceptors (Lipinski definition) is 3. The van der Waals surface area contributed by atoms with Gasteiger partial charge in [-0.3, -0.25) is 4.79 Å². The molecule has 0 saturated heterocycles. The normalized spacial score (nSPS) is 18.9. The highest BCUT2D eigenvalue weighted by Crippen LogP contribution is 2.39. The predicted octanol–water partition coefficient (Wildman–Crippen LogP) is 2.07. The average molecular weight is 275 g/mol. The Morgan fingerprint density at radius 1 is 1.41 bits per heavy atom. The third-order valence-electron chi connectivity index (χ3n) is 2.67. The third-order valence-corrected chi connectivity index (χ3v) is 3.39. The van der Waals surface area contributed by atoms with E-state index in [1.807, 2.05) is 0 Å². The maximum Gasteiger partial charge on any atom is 0.267 e. The molecule has 0 radical (unpaired) electrons. The average Bonchev–Trinajstić information content (AvgIpc) is 2.29. The van der Waals surface area contributed by atoms with Gasteiger partial charge in [0.25, 0.3) is 5.91 Å². The van der Waals surface area contributed by atoms with Gasteiger partial charge >= 0.3 is 0 Å². The fourth-order valence-corrected chi connectivity index (χ4v) is 2.06. The molecule has 1 aromatic rings. The molecule has 0 aromatic heterocycles. The van der Waals surface area contributed by atoms with Gasteiger partial charge in [0, 0.05) is 19.5 Å². The number of nitrogens with two attached hydrogens (primary N) is 1. The molecule has 0 fully saturated rings. The van der Waals surface area contributed by atoms with Crippen molar-refractivity contribution in [2.45, 2.75) is 12.5 Å². The molecule has 1 aliphatic rings. The van der Waals surface area contributed by atoms with E-state index in [0.29, 0.717) is 34.4 Å². The van der Waals surface area contributed by atoms with Gasteiger partial charge in [0.15, 0.2) is 6.10 Å². The van der Waals surface area contributed by atoms with E-state index in [4.69, 9.17) is 33.7 Å². The highest BCUT2D eigenvalue weighted by atomic mass is 35.5. The minimum absolute atomic E-state index is 0.124. The lowest BCUT2D eigenvalue weighted by Gasteiger charge is -2.32. The third kappa shape index (κ3) is 2.20. The SMILES string of the molecule is CN1C(=O)C(CCN)Oc2cc(Cl)c(Cl)cc21. The Morgan fingerprint density at radius 3 is 2.71 bits per heavy atom. The van der Waals surface area contributed by atoms with Crippen LogP contribution in [0.4, 0.5) is 5.69 Å². The molecule has 17 heavy (non-hydrogen) atoms. The van der Waals surface area contributed by atoms with E-state index in [1.165, 1.54) is 4.90 Å². The lowest BCUT2D eigenvalue weighted by molar-refractivity contribution is -0.126. The van der Waals surface area contributed by atoms with Crippen molar-refractivity contribution in [3.05, 3.63) is 22.2 Å². The maximum absolute atomic E-state index is 11.9. The quantitative estimate of drug-likeness (QED) is 0.898. The predicted molar refractivity (Wildman–Crippen MR) is 68.0 cm³/mol. The van der Waals surface area contributed by atoms with E-state index in [0.717, 1.165) is 0 Å². The molecule has 6 heteroatoms. The molecule has 1 aromatic carbocycles. The van der Waals surface area contributed by atoms with Crippen LogP contribution in [0.15, 0.2) is 12.1 Å². The number of ether oxygens (including phenoxy) is 1. The minimum Gasteiger partial charge on any atom is -0.478 e. The topological polar surface area (TPSA) is 55.6 Å². The highest BCUT2D eigenvalue weighted by Gasteiger charge is 2.32. The zero-order chi connectivity index (χ0) is 12.6. The van der Waals surface area contributed by atoms with Gasteiger partial charge in [-0.05, 0) is 12.6 Å². The summed E-state index contributed by atoms with van der Waals surface area (Å²) in [5.74, 6) is 0.432. The van der Waals surface area contributed by atoms with Crippen LogP contribution in [0.5, 0.6) is 5.75 Å². The van der Waals surface area contributed by atoms with Crippen molar-refractivity contribution in [3.8, 4) is 5.75 Å². The van der Waals surface area contributed by atoms with Crippen LogP contribution >= 0.6 is 23.2 Å². The number of amides is 1.